The summed E-state index contributed by atoms with van der Waals surface area (Å²) in [4.78, 5) is 22.2. The summed E-state index contributed by atoms with van der Waals surface area (Å²) in [6.07, 6.45) is -0.119. The van der Waals surface area contributed by atoms with Gasteiger partial charge in [0.25, 0.3) is 5.69 Å². The molecule has 8 heteroatoms. The number of benzene rings is 1. The fraction of sp³-hybridized carbons (Fsp3) is 0.250. The molecule has 0 aliphatic carbocycles. The third-order valence-corrected chi connectivity index (χ3v) is 2.41. The van der Waals surface area contributed by atoms with E-state index in [1.54, 1.807) is 12.1 Å². The van der Waals surface area contributed by atoms with Crippen LogP contribution in [0.15, 0.2) is 24.3 Å². The standard InChI is InChI=1S/C12H11ClN4O3/c1-7(2)20-12-15-10(14-11(13)16-12)8-4-3-5-9(6-8)17(18)19/h3-7H,1-2H3. The normalized spacial score (nSPS) is 10.6. The lowest BCUT2D eigenvalue weighted by Gasteiger charge is -2.08. The predicted molar refractivity (Wildman–Crippen MR) is 72.7 cm³/mol. The van der Waals surface area contributed by atoms with Crippen LogP contribution in [0.4, 0.5) is 5.69 Å². The van der Waals surface area contributed by atoms with Crippen molar-refractivity contribution in [2.24, 2.45) is 0 Å². The Hall–Kier alpha value is -2.28. The van der Waals surface area contributed by atoms with E-state index in [9.17, 15) is 10.1 Å². The Balaban J connectivity index is 2.44. The van der Waals surface area contributed by atoms with Crippen molar-refractivity contribution in [3.8, 4) is 17.4 Å². The van der Waals surface area contributed by atoms with E-state index in [0.29, 0.717) is 5.56 Å². The maximum Gasteiger partial charge on any atom is 0.321 e. The minimum absolute atomic E-state index is 0.0304. The van der Waals surface area contributed by atoms with E-state index in [1.165, 1.54) is 12.1 Å². The summed E-state index contributed by atoms with van der Waals surface area (Å²) in [6, 6.07) is 6.04. The van der Waals surface area contributed by atoms with Crippen LogP contribution >= 0.6 is 11.6 Å². The summed E-state index contributed by atoms with van der Waals surface area (Å²) in [5, 5.41) is 10.7. The summed E-state index contributed by atoms with van der Waals surface area (Å²) in [7, 11) is 0. The van der Waals surface area contributed by atoms with E-state index in [4.69, 9.17) is 16.3 Å². The molecule has 1 aromatic carbocycles. The molecular formula is C12H11ClN4O3. The van der Waals surface area contributed by atoms with E-state index >= 15 is 0 Å². The highest BCUT2D eigenvalue weighted by molar-refractivity contribution is 6.28. The van der Waals surface area contributed by atoms with E-state index in [0.717, 1.165) is 0 Å². The van der Waals surface area contributed by atoms with Gasteiger partial charge < -0.3 is 4.74 Å². The molecular weight excluding hydrogens is 284 g/mol. The molecule has 0 saturated carbocycles. The zero-order valence-electron chi connectivity index (χ0n) is 10.8. The first kappa shape index (κ1) is 14.1. The molecule has 0 aliphatic rings. The summed E-state index contributed by atoms with van der Waals surface area (Å²) in [5.41, 5.74) is 0.419. The van der Waals surface area contributed by atoms with Gasteiger partial charge in [-0.1, -0.05) is 12.1 Å². The number of non-ortho nitro benzene ring substituents is 1. The van der Waals surface area contributed by atoms with Crippen LogP contribution < -0.4 is 4.74 Å². The van der Waals surface area contributed by atoms with Crippen LogP contribution in [0, 0.1) is 10.1 Å². The molecule has 2 rings (SSSR count). The van der Waals surface area contributed by atoms with Crippen LogP contribution in [0.5, 0.6) is 6.01 Å². The minimum atomic E-state index is -0.488. The Labute approximate surface area is 119 Å². The van der Waals surface area contributed by atoms with Gasteiger partial charge in [-0.2, -0.15) is 15.0 Å². The average molecular weight is 295 g/mol. The predicted octanol–water partition coefficient (Wildman–Crippen LogP) is 2.89. The molecule has 0 atom stereocenters. The van der Waals surface area contributed by atoms with Gasteiger partial charge in [-0.05, 0) is 25.4 Å². The van der Waals surface area contributed by atoms with Gasteiger partial charge >= 0.3 is 6.01 Å². The van der Waals surface area contributed by atoms with Gasteiger partial charge in [0.15, 0.2) is 5.82 Å². The number of hydrogen-bond donors (Lipinski definition) is 0. The van der Waals surface area contributed by atoms with Gasteiger partial charge in [-0.3, -0.25) is 10.1 Å². The lowest BCUT2D eigenvalue weighted by Crippen LogP contribution is -2.09. The van der Waals surface area contributed by atoms with Crippen LogP contribution in [-0.2, 0) is 0 Å². The van der Waals surface area contributed by atoms with Gasteiger partial charge in [0.05, 0.1) is 11.0 Å². The topological polar surface area (TPSA) is 91.0 Å². The first-order valence-corrected chi connectivity index (χ1v) is 6.16. The van der Waals surface area contributed by atoms with Gasteiger partial charge in [0.1, 0.15) is 0 Å². The molecule has 20 heavy (non-hydrogen) atoms. The van der Waals surface area contributed by atoms with Crippen molar-refractivity contribution in [2.75, 3.05) is 0 Å². The number of nitro groups is 1. The largest absolute Gasteiger partial charge is 0.461 e. The average Bonchev–Trinajstić information content (AvgIpc) is 2.37. The Morgan fingerprint density at radius 2 is 2.05 bits per heavy atom. The summed E-state index contributed by atoms with van der Waals surface area (Å²) >= 11 is 5.81. The monoisotopic (exact) mass is 294 g/mol. The molecule has 0 bridgehead atoms. The molecule has 7 nitrogen and oxygen atoms in total. The van der Waals surface area contributed by atoms with Gasteiger partial charge in [-0.15, -0.1) is 0 Å². The number of hydrogen-bond acceptors (Lipinski definition) is 6. The molecule has 0 saturated heterocycles. The zero-order valence-corrected chi connectivity index (χ0v) is 11.5. The molecule has 0 amide bonds. The Morgan fingerprint density at radius 1 is 1.30 bits per heavy atom. The maximum atomic E-state index is 10.8. The Morgan fingerprint density at radius 3 is 2.70 bits per heavy atom. The summed E-state index contributed by atoms with van der Waals surface area (Å²) in [5.74, 6) is 0.226. The summed E-state index contributed by atoms with van der Waals surface area (Å²) < 4.78 is 5.35. The highest BCUT2D eigenvalue weighted by Gasteiger charge is 2.12. The highest BCUT2D eigenvalue weighted by Crippen LogP contribution is 2.23. The number of nitro benzene ring substituents is 1. The smallest absolute Gasteiger partial charge is 0.321 e. The van der Waals surface area contributed by atoms with Crippen LogP contribution in [0.2, 0.25) is 5.28 Å². The molecule has 0 aliphatic heterocycles. The van der Waals surface area contributed by atoms with Crippen molar-refractivity contribution in [3.05, 3.63) is 39.7 Å². The summed E-state index contributed by atoms with van der Waals surface area (Å²) in [6.45, 7) is 3.65. The second kappa shape index (κ2) is 5.79. The molecule has 2 aromatic rings. The van der Waals surface area contributed by atoms with Gasteiger partial charge in [0, 0.05) is 17.7 Å². The number of aromatic nitrogens is 3. The molecule has 0 radical (unpaired) electrons. The van der Waals surface area contributed by atoms with Gasteiger partial charge in [0.2, 0.25) is 5.28 Å². The van der Waals surface area contributed by atoms with Crippen LogP contribution in [0.1, 0.15) is 13.8 Å². The minimum Gasteiger partial charge on any atom is -0.461 e. The van der Waals surface area contributed by atoms with Crippen molar-refractivity contribution < 1.29 is 9.66 Å². The number of nitrogens with zero attached hydrogens (tertiary/aromatic N) is 4. The van der Waals surface area contributed by atoms with Crippen molar-refractivity contribution in [3.63, 3.8) is 0 Å². The first-order chi connectivity index (χ1) is 9.45. The number of halogens is 1. The zero-order chi connectivity index (χ0) is 14.7. The lowest BCUT2D eigenvalue weighted by atomic mass is 10.2. The van der Waals surface area contributed by atoms with E-state index < -0.39 is 4.92 Å². The van der Waals surface area contributed by atoms with E-state index in [2.05, 4.69) is 15.0 Å². The molecule has 0 fully saturated rings. The fourth-order valence-corrected chi connectivity index (χ4v) is 1.64. The molecule has 0 spiro atoms. The molecule has 104 valence electrons. The SMILES string of the molecule is CC(C)Oc1nc(Cl)nc(-c2cccc([N+](=O)[O-])c2)n1. The first-order valence-electron chi connectivity index (χ1n) is 5.79. The molecule has 0 unspecified atom stereocenters. The van der Waals surface area contributed by atoms with E-state index in [-0.39, 0.29) is 28.9 Å². The van der Waals surface area contributed by atoms with Gasteiger partial charge in [-0.25, -0.2) is 0 Å². The van der Waals surface area contributed by atoms with Crippen molar-refractivity contribution in [1.82, 2.24) is 15.0 Å². The highest BCUT2D eigenvalue weighted by atomic mass is 35.5. The van der Waals surface area contributed by atoms with Crippen LogP contribution in [-0.4, -0.2) is 26.0 Å². The lowest BCUT2D eigenvalue weighted by molar-refractivity contribution is -0.384. The third-order valence-electron chi connectivity index (χ3n) is 2.24. The molecule has 0 N–H and O–H groups in total. The van der Waals surface area contributed by atoms with E-state index in [1.807, 2.05) is 13.8 Å². The van der Waals surface area contributed by atoms with Crippen LogP contribution in [0.3, 0.4) is 0 Å². The van der Waals surface area contributed by atoms with Crippen molar-refractivity contribution >= 4 is 17.3 Å². The Kier molecular flexibility index (Phi) is 4.09. The second-order valence-electron chi connectivity index (χ2n) is 4.18. The third kappa shape index (κ3) is 3.39. The second-order valence-corrected chi connectivity index (χ2v) is 4.52. The number of rotatable bonds is 4. The maximum absolute atomic E-state index is 10.8. The number of ether oxygens (including phenoxy) is 1. The molecule has 1 heterocycles. The molecule has 1 aromatic heterocycles. The quantitative estimate of drug-likeness (QED) is 0.636. The fourth-order valence-electron chi connectivity index (χ4n) is 1.48. The van der Waals surface area contributed by atoms with Crippen molar-refractivity contribution in [1.29, 1.82) is 0 Å². The Bertz CT molecular complexity index is 648. The van der Waals surface area contributed by atoms with Crippen LogP contribution in [0.25, 0.3) is 11.4 Å². The van der Waals surface area contributed by atoms with Crippen molar-refractivity contribution in [2.45, 2.75) is 20.0 Å².